The minimum Gasteiger partial charge on any atom is -0.348 e. The highest BCUT2D eigenvalue weighted by atomic mass is 32.1. The third-order valence-corrected chi connectivity index (χ3v) is 5.22. The Morgan fingerprint density at radius 3 is 2.96 bits per heavy atom. The van der Waals surface area contributed by atoms with Crippen LogP contribution in [0.25, 0.3) is 0 Å². The first-order valence-electron chi connectivity index (χ1n) is 8.12. The molecule has 2 heterocycles. The fourth-order valence-corrected chi connectivity index (χ4v) is 3.84. The summed E-state index contributed by atoms with van der Waals surface area (Å²) in [6.07, 6.45) is 6.60. The van der Waals surface area contributed by atoms with Crippen LogP contribution in [0.15, 0.2) is 23.7 Å². The molecule has 1 unspecified atom stereocenters. The number of thiophene rings is 1. The van der Waals surface area contributed by atoms with Gasteiger partial charge in [0, 0.05) is 23.4 Å². The van der Waals surface area contributed by atoms with Gasteiger partial charge in [-0.2, -0.15) is 0 Å². The van der Waals surface area contributed by atoms with Crippen molar-refractivity contribution in [2.45, 2.75) is 57.2 Å². The number of aromatic nitrogens is 3. The lowest BCUT2D eigenvalue weighted by molar-refractivity contribution is 0.0935. The molecule has 6 nitrogen and oxygen atoms in total. The lowest BCUT2D eigenvalue weighted by atomic mass is 9.92. The molecule has 0 aliphatic heterocycles. The third kappa shape index (κ3) is 4.17. The molecule has 1 amide bonds. The molecule has 3 N–H and O–H groups in total. The monoisotopic (exact) mass is 333 g/mol. The summed E-state index contributed by atoms with van der Waals surface area (Å²) in [6.45, 7) is 2.00. The van der Waals surface area contributed by atoms with E-state index in [1.807, 2.05) is 23.1 Å². The van der Waals surface area contributed by atoms with Gasteiger partial charge in [-0.3, -0.25) is 4.79 Å². The molecule has 2 aromatic heterocycles. The summed E-state index contributed by atoms with van der Waals surface area (Å²) >= 11 is 1.70. The van der Waals surface area contributed by atoms with E-state index in [0.29, 0.717) is 17.8 Å². The summed E-state index contributed by atoms with van der Waals surface area (Å²) in [7, 11) is 0. The van der Waals surface area contributed by atoms with Gasteiger partial charge in [0.25, 0.3) is 5.91 Å². The molecular weight excluding hydrogens is 310 g/mol. The van der Waals surface area contributed by atoms with Crippen molar-refractivity contribution in [1.29, 1.82) is 0 Å². The lowest BCUT2D eigenvalue weighted by Gasteiger charge is -2.25. The van der Waals surface area contributed by atoms with Gasteiger partial charge in [-0.25, -0.2) is 4.68 Å². The Balaban J connectivity index is 1.55. The normalized spacial score (nSPS) is 22.7. The van der Waals surface area contributed by atoms with Crippen molar-refractivity contribution in [3.05, 3.63) is 34.3 Å². The number of hydrogen-bond acceptors (Lipinski definition) is 5. The number of carbonyl (C=O) groups is 1. The average Bonchev–Trinajstić information content (AvgIpc) is 3.19. The molecule has 0 spiro atoms. The van der Waals surface area contributed by atoms with Crippen LogP contribution in [0.4, 0.5) is 0 Å². The van der Waals surface area contributed by atoms with Crippen LogP contribution in [0.2, 0.25) is 0 Å². The zero-order chi connectivity index (χ0) is 16.2. The Labute approximate surface area is 140 Å². The first-order chi connectivity index (χ1) is 11.1. The Kier molecular flexibility index (Phi) is 5.07. The number of rotatable bonds is 5. The van der Waals surface area contributed by atoms with E-state index in [9.17, 15) is 4.79 Å². The SMILES string of the molecule is CC(Cc1cccs1)NC(=O)c1cn(C2CCC(N)CC2)nn1. The number of nitrogens with one attached hydrogen (secondary N) is 1. The molecule has 3 rings (SSSR count). The second-order valence-corrected chi connectivity index (χ2v) is 7.34. The summed E-state index contributed by atoms with van der Waals surface area (Å²) in [4.78, 5) is 13.6. The van der Waals surface area contributed by atoms with Crippen molar-refractivity contribution in [1.82, 2.24) is 20.3 Å². The van der Waals surface area contributed by atoms with Crippen LogP contribution >= 0.6 is 11.3 Å². The smallest absolute Gasteiger partial charge is 0.273 e. The second-order valence-electron chi connectivity index (χ2n) is 6.31. The van der Waals surface area contributed by atoms with Crippen LogP contribution in [0, 0.1) is 0 Å². The predicted octanol–water partition coefficient (Wildman–Crippen LogP) is 2.14. The van der Waals surface area contributed by atoms with Gasteiger partial charge < -0.3 is 11.1 Å². The maximum absolute atomic E-state index is 12.3. The van der Waals surface area contributed by atoms with Crippen LogP contribution in [0.1, 0.15) is 54.0 Å². The minimum absolute atomic E-state index is 0.0685. The van der Waals surface area contributed by atoms with Crippen molar-refractivity contribution in [2.75, 3.05) is 0 Å². The van der Waals surface area contributed by atoms with Gasteiger partial charge in [0.1, 0.15) is 0 Å². The maximum atomic E-state index is 12.3. The highest BCUT2D eigenvalue weighted by Crippen LogP contribution is 2.26. The summed E-state index contributed by atoms with van der Waals surface area (Å²) in [6, 6.07) is 4.79. The molecule has 1 saturated carbocycles. The van der Waals surface area contributed by atoms with Gasteiger partial charge in [-0.15, -0.1) is 16.4 Å². The van der Waals surface area contributed by atoms with Crippen LogP contribution in [-0.4, -0.2) is 33.0 Å². The van der Waals surface area contributed by atoms with E-state index in [1.54, 1.807) is 17.5 Å². The Bertz CT molecular complexity index is 631. The first kappa shape index (κ1) is 16.1. The number of nitrogens with zero attached hydrogens (tertiary/aromatic N) is 3. The zero-order valence-electron chi connectivity index (χ0n) is 13.3. The quantitative estimate of drug-likeness (QED) is 0.878. The van der Waals surface area contributed by atoms with E-state index >= 15 is 0 Å². The van der Waals surface area contributed by atoms with Gasteiger partial charge in [0.2, 0.25) is 0 Å². The van der Waals surface area contributed by atoms with E-state index in [2.05, 4.69) is 21.7 Å². The second kappa shape index (κ2) is 7.23. The molecule has 0 saturated heterocycles. The number of amides is 1. The van der Waals surface area contributed by atoms with E-state index in [4.69, 9.17) is 5.73 Å². The van der Waals surface area contributed by atoms with Gasteiger partial charge >= 0.3 is 0 Å². The fourth-order valence-electron chi connectivity index (χ4n) is 3.00. The standard InChI is InChI=1S/C16H23N5OS/c1-11(9-14-3-2-8-23-14)18-16(22)15-10-21(20-19-15)13-6-4-12(17)5-7-13/h2-3,8,10-13H,4-7,9,17H2,1H3,(H,18,22). The molecule has 0 aromatic carbocycles. The summed E-state index contributed by atoms with van der Waals surface area (Å²) in [5.41, 5.74) is 6.32. The van der Waals surface area contributed by atoms with Crippen molar-refractivity contribution < 1.29 is 4.79 Å². The van der Waals surface area contributed by atoms with Crippen LogP contribution in [0.5, 0.6) is 0 Å². The summed E-state index contributed by atoms with van der Waals surface area (Å²) < 4.78 is 1.82. The molecular formula is C16H23N5OS. The number of hydrogen-bond donors (Lipinski definition) is 2. The number of nitrogens with two attached hydrogens (primary N) is 1. The van der Waals surface area contributed by atoms with Crippen molar-refractivity contribution in [2.24, 2.45) is 5.73 Å². The Hall–Kier alpha value is -1.73. The molecule has 0 radical (unpaired) electrons. The van der Waals surface area contributed by atoms with Crippen LogP contribution < -0.4 is 11.1 Å². The van der Waals surface area contributed by atoms with E-state index in [-0.39, 0.29) is 11.9 Å². The molecule has 1 fully saturated rings. The highest BCUT2D eigenvalue weighted by Gasteiger charge is 2.22. The van der Waals surface area contributed by atoms with E-state index in [0.717, 1.165) is 32.1 Å². The van der Waals surface area contributed by atoms with E-state index in [1.165, 1.54) is 4.88 Å². The molecule has 1 aliphatic carbocycles. The van der Waals surface area contributed by atoms with Crippen molar-refractivity contribution in [3.63, 3.8) is 0 Å². The highest BCUT2D eigenvalue weighted by molar-refractivity contribution is 7.09. The lowest BCUT2D eigenvalue weighted by Crippen LogP contribution is -2.34. The van der Waals surface area contributed by atoms with Crippen LogP contribution in [-0.2, 0) is 6.42 Å². The van der Waals surface area contributed by atoms with Crippen LogP contribution in [0.3, 0.4) is 0 Å². The molecule has 0 bridgehead atoms. The molecule has 124 valence electrons. The molecule has 1 atom stereocenters. The van der Waals surface area contributed by atoms with Gasteiger partial charge in [-0.1, -0.05) is 11.3 Å². The third-order valence-electron chi connectivity index (χ3n) is 4.32. The average molecular weight is 333 g/mol. The van der Waals surface area contributed by atoms with Gasteiger partial charge in [-0.05, 0) is 44.1 Å². The molecule has 1 aliphatic rings. The first-order valence-corrected chi connectivity index (χ1v) is 9.00. The summed E-state index contributed by atoms with van der Waals surface area (Å²) in [5, 5.41) is 13.2. The molecule has 2 aromatic rings. The topological polar surface area (TPSA) is 85.8 Å². The van der Waals surface area contributed by atoms with Gasteiger partial charge in [0.05, 0.1) is 12.2 Å². The van der Waals surface area contributed by atoms with E-state index < -0.39 is 0 Å². The van der Waals surface area contributed by atoms with Crippen molar-refractivity contribution >= 4 is 17.2 Å². The van der Waals surface area contributed by atoms with Crippen molar-refractivity contribution in [3.8, 4) is 0 Å². The van der Waals surface area contributed by atoms with Gasteiger partial charge in [0.15, 0.2) is 5.69 Å². The largest absolute Gasteiger partial charge is 0.348 e. The minimum atomic E-state index is -0.159. The Morgan fingerprint density at radius 1 is 1.48 bits per heavy atom. The maximum Gasteiger partial charge on any atom is 0.273 e. The summed E-state index contributed by atoms with van der Waals surface area (Å²) in [5.74, 6) is -0.159. The number of carbonyl (C=O) groups excluding carboxylic acids is 1. The predicted molar refractivity (Wildman–Crippen MR) is 90.5 cm³/mol. The molecule has 7 heteroatoms. The zero-order valence-corrected chi connectivity index (χ0v) is 14.1. The molecule has 23 heavy (non-hydrogen) atoms. The fraction of sp³-hybridized carbons (Fsp3) is 0.562. The Morgan fingerprint density at radius 2 is 2.26 bits per heavy atom.